The van der Waals surface area contributed by atoms with Crippen molar-refractivity contribution < 1.29 is 14.6 Å². The van der Waals surface area contributed by atoms with Crippen molar-refractivity contribution in [2.24, 2.45) is 0 Å². The van der Waals surface area contributed by atoms with Crippen LogP contribution < -0.4 is 10.1 Å². The first-order valence-electron chi connectivity index (χ1n) is 7.69. The number of aliphatic hydroxyl groups excluding tert-OH is 1. The smallest absolute Gasteiger partial charge is 0.321 e. The lowest BCUT2D eigenvalue weighted by atomic mass is 10.2. The van der Waals surface area contributed by atoms with E-state index in [2.05, 4.69) is 5.32 Å². The summed E-state index contributed by atoms with van der Waals surface area (Å²) in [5.74, 6) is 1.50. The topological polar surface area (TPSA) is 61.8 Å². The average Bonchev–Trinajstić information content (AvgIpc) is 2.96. The number of carbonyl (C=O) groups excluding carboxylic acids is 1. The third-order valence-corrected chi connectivity index (χ3v) is 3.78. The number of urea groups is 1. The molecular weight excluding hydrogens is 292 g/mol. The molecule has 5 heteroatoms. The zero-order valence-electron chi connectivity index (χ0n) is 13.0. The molecule has 0 aromatic heterocycles. The number of carbonyl (C=O) groups is 1. The maximum atomic E-state index is 12.0. The van der Waals surface area contributed by atoms with Crippen LogP contribution in [-0.4, -0.2) is 35.2 Å². The third-order valence-electron chi connectivity index (χ3n) is 3.78. The zero-order valence-corrected chi connectivity index (χ0v) is 13.0. The number of rotatable bonds is 3. The Labute approximate surface area is 135 Å². The van der Waals surface area contributed by atoms with Crippen molar-refractivity contribution in [3.63, 3.8) is 0 Å². The number of aliphatic hydroxyl groups is 1. The third kappa shape index (κ3) is 4.02. The summed E-state index contributed by atoms with van der Waals surface area (Å²) in [7, 11) is 0. The van der Waals surface area contributed by atoms with Gasteiger partial charge < -0.3 is 20.1 Å². The number of amides is 2. The minimum atomic E-state index is -0.411. The van der Waals surface area contributed by atoms with Crippen LogP contribution in [0.2, 0.25) is 0 Å². The summed E-state index contributed by atoms with van der Waals surface area (Å²) in [5.41, 5.74) is 1.84. The molecule has 2 N–H and O–H groups in total. The normalized spacial score (nSPS) is 17.1. The Kier molecular flexibility index (Phi) is 4.48. The van der Waals surface area contributed by atoms with Crippen molar-refractivity contribution in [3.05, 3.63) is 54.1 Å². The maximum absolute atomic E-state index is 12.0. The van der Waals surface area contributed by atoms with E-state index in [9.17, 15) is 9.90 Å². The van der Waals surface area contributed by atoms with E-state index in [1.807, 2.05) is 43.3 Å². The predicted octanol–water partition coefficient (Wildman–Crippen LogP) is 3.39. The van der Waals surface area contributed by atoms with Gasteiger partial charge in [-0.1, -0.05) is 12.1 Å². The fourth-order valence-electron chi connectivity index (χ4n) is 2.55. The first kappa shape index (κ1) is 15.4. The number of aryl methyl sites for hydroxylation is 1. The number of anilines is 1. The molecule has 2 aromatic rings. The van der Waals surface area contributed by atoms with E-state index in [0.717, 1.165) is 11.3 Å². The Bertz CT molecular complexity index is 685. The Balaban J connectivity index is 1.59. The van der Waals surface area contributed by atoms with Gasteiger partial charge in [0.2, 0.25) is 0 Å². The number of ether oxygens (including phenoxy) is 1. The summed E-state index contributed by atoms with van der Waals surface area (Å²) >= 11 is 0. The highest BCUT2D eigenvalue weighted by atomic mass is 16.5. The largest absolute Gasteiger partial charge is 0.457 e. The van der Waals surface area contributed by atoms with Gasteiger partial charge in [-0.3, -0.25) is 0 Å². The summed E-state index contributed by atoms with van der Waals surface area (Å²) in [4.78, 5) is 13.7. The molecule has 0 bridgehead atoms. The van der Waals surface area contributed by atoms with Crippen LogP contribution in [0.1, 0.15) is 12.0 Å². The zero-order chi connectivity index (χ0) is 16.2. The lowest BCUT2D eigenvalue weighted by Gasteiger charge is -2.16. The molecule has 0 radical (unpaired) electrons. The van der Waals surface area contributed by atoms with Gasteiger partial charge in [-0.15, -0.1) is 0 Å². The number of hydrogen-bond donors (Lipinski definition) is 2. The molecule has 0 spiro atoms. The first-order chi connectivity index (χ1) is 11.1. The summed E-state index contributed by atoms with van der Waals surface area (Å²) < 4.78 is 5.78. The molecule has 1 aliphatic rings. The van der Waals surface area contributed by atoms with Crippen LogP contribution in [0.5, 0.6) is 11.5 Å². The number of β-amino-alcohol motifs (C(OH)–C–C–N with tert-alkyl or cyclic N) is 1. The molecule has 0 saturated carbocycles. The van der Waals surface area contributed by atoms with Crippen LogP contribution in [0.15, 0.2) is 48.5 Å². The fraction of sp³-hybridized carbons (Fsp3) is 0.278. The minimum Gasteiger partial charge on any atom is -0.457 e. The molecule has 23 heavy (non-hydrogen) atoms. The van der Waals surface area contributed by atoms with Crippen molar-refractivity contribution in [1.82, 2.24) is 4.90 Å². The molecule has 1 heterocycles. The molecule has 1 atom stereocenters. The molecule has 1 aliphatic heterocycles. The molecule has 1 fully saturated rings. The molecule has 3 rings (SSSR count). The van der Waals surface area contributed by atoms with Crippen LogP contribution in [0.25, 0.3) is 0 Å². The van der Waals surface area contributed by atoms with Crippen molar-refractivity contribution in [3.8, 4) is 11.5 Å². The molecule has 5 nitrogen and oxygen atoms in total. The molecule has 2 amide bonds. The summed E-state index contributed by atoms with van der Waals surface area (Å²) in [6, 6.07) is 14.9. The quantitative estimate of drug-likeness (QED) is 0.913. The van der Waals surface area contributed by atoms with Crippen molar-refractivity contribution in [2.75, 3.05) is 18.4 Å². The van der Waals surface area contributed by atoms with Crippen LogP contribution in [0.4, 0.5) is 10.5 Å². The predicted molar refractivity (Wildman–Crippen MR) is 88.9 cm³/mol. The number of nitrogens with one attached hydrogen (secondary N) is 1. The molecule has 0 aliphatic carbocycles. The van der Waals surface area contributed by atoms with Gasteiger partial charge in [0.25, 0.3) is 0 Å². The molecule has 1 unspecified atom stereocenters. The Hall–Kier alpha value is -2.53. The standard InChI is InChI=1S/C18H20N2O3/c1-13-3-2-4-17(11-13)23-16-7-5-14(6-8-16)19-18(22)20-10-9-15(21)12-20/h2-8,11,15,21H,9-10,12H2,1H3,(H,19,22). The van der Waals surface area contributed by atoms with Crippen LogP contribution in [0.3, 0.4) is 0 Å². The Morgan fingerprint density at radius 1 is 1.22 bits per heavy atom. The van der Waals surface area contributed by atoms with Gasteiger partial charge in [-0.05, 0) is 55.3 Å². The highest BCUT2D eigenvalue weighted by Crippen LogP contribution is 2.24. The monoisotopic (exact) mass is 312 g/mol. The van der Waals surface area contributed by atoms with Crippen LogP contribution in [0, 0.1) is 6.92 Å². The van der Waals surface area contributed by atoms with Gasteiger partial charge in [0.05, 0.1) is 6.10 Å². The molecular formula is C18H20N2O3. The fourth-order valence-corrected chi connectivity index (χ4v) is 2.55. The van der Waals surface area contributed by atoms with E-state index in [0.29, 0.717) is 30.9 Å². The summed E-state index contributed by atoms with van der Waals surface area (Å²) in [6.07, 6.45) is 0.224. The lowest BCUT2D eigenvalue weighted by Crippen LogP contribution is -2.33. The SMILES string of the molecule is Cc1cccc(Oc2ccc(NC(=O)N3CCC(O)C3)cc2)c1. The van der Waals surface area contributed by atoms with Gasteiger partial charge in [0, 0.05) is 18.8 Å². The summed E-state index contributed by atoms with van der Waals surface area (Å²) in [5, 5.41) is 12.3. The van der Waals surface area contributed by atoms with E-state index >= 15 is 0 Å². The molecule has 1 saturated heterocycles. The lowest BCUT2D eigenvalue weighted by molar-refractivity contribution is 0.176. The Morgan fingerprint density at radius 3 is 2.65 bits per heavy atom. The Morgan fingerprint density at radius 2 is 2.00 bits per heavy atom. The van der Waals surface area contributed by atoms with E-state index in [4.69, 9.17) is 4.74 Å². The van der Waals surface area contributed by atoms with Gasteiger partial charge >= 0.3 is 6.03 Å². The van der Waals surface area contributed by atoms with Gasteiger partial charge in [-0.25, -0.2) is 4.79 Å². The summed E-state index contributed by atoms with van der Waals surface area (Å²) in [6.45, 7) is 2.99. The van der Waals surface area contributed by atoms with Gasteiger partial charge in [-0.2, -0.15) is 0 Å². The number of nitrogens with zero attached hydrogens (tertiary/aromatic N) is 1. The second-order valence-electron chi connectivity index (χ2n) is 5.76. The highest BCUT2D eigenvalue weighted by molar-refractivity contribution is 5.89. The molecule has 120 valence electrons. The van der Waals surface area contributed by atoms with Crippen molar-refractivity contribution >= 4 is 11.7 Å². The average molecular weight is 312 g/mol. The van der Waals surface area contributed by atoms with Crippen LogP contribution >= 0.6 is 0 Å². The minimum absolute atomic E-state index is 0.186. The number of benzene rings is 2. The van der Waals surface area contributed by atoms with Crippen LogP contribution in [-0.2, 0) is 0 Å². The second-order valence-corrected chi connectivity index (χ2v) is 5.76. The van der Waals surface area contributed by atoms with Gasteiger partial charge in [0.1, 0.15) is 11.5 Å². The number of hydrogen-bond acceptors (Lipinski definition) is 3. The van der Waals surface area contributed by atoms with E-state index in [1.54, 1.807) is 17.0 Å². The van der Waals surface area contributed by atoms with Gasteiger partial charge in [0.15, 0.2) is 0 Å². The molecule has 2 aromatic carbocycles. The maximum Gasteiger partial charge on any atom is 0.321 e. The highest BCUT2D eigenvalue weighted by Gasteiger charge is 2.24. The first-order valence-corrected chi connectivity index (χ1v) is 7.69. The van der Waals surface area contributed by atoms with E-state index < -0.39 is 6.10 Å². The number of likely N-dealkylation sites (tertiary alicyclic amines) is 1. The van der Waals surface area contributed by atoms with E-state index in [-0.39, 0.29) is 6.03 Å². The van der Waals surface area contributed by atoms with Crippen molar-refractivity contribution in [2.45, 2.75) is 19.4 Å². The second kappa shape index (κ2) is 6.71. The van der Waals surface area contributed by atoms with Crippen molar-refractivity contribution in [1.29, 1.82) is 0 Å². The van der Waals surface area contributed by atoms with E-state index in [1.165, 1.54) is 0 Å².